The quantitative estimate of drug-likeness (QED) is 0.572. The fourth-order valence-corrected chi connectivity index (χ4v) is 3.52. The topological polar surface area (TPSA) is 69.2 Å². The van der Waals surface area contributed by atoms with Crippen molar-refractivity contribution in [3.8, 4) is 0 Å². The molecular formula is C20H31N5O2. The summed E-state index contributed by atoms with van der Waals surface area (Å²) in [5.74, 6) is 0.747. The SMILES string of the molecule is CCNC(=NCC(=O)N1CCCc2ccccc21)NCCN1CCOCC1. The third-order valence-corrected chi connectivity index (χ3v) is 4.95. The maximum absolute atomic E-state index is 12.7. The number of morpholine rings is 1. The molecule has 0 unspecified atom stereocenters. The molecule has 0 saturated carbocycles. The van der Waals surface area contributed by atoms with Crippen molar-refractivity contribution < 1.29 is 9.53 Å². The normalized spacial score (nSPS) is 18.1. The van der Waals surface area contributed by atoms with Gasteiger partial charge in [0.1, 0.15) is 6.54 Å². The highest BCUT2D eigenvalue weighted by Crippen LogP contribution is 2.26. The lowest BCUT2D eigenvalue weighted by Crippen LogP contribution is -2.45. The maximum Gasteiger partial charge on any atom is 0.248 e. The minimum absolute atomic E-state index is 0.0486. The number of aliphatic imine (C=N–C) groups is 1. The third-order valence-electron chi connectivity index (χ3n) is 4.95. The second-order valence-corrected chi connectivity index (χ2v) is 6.85. The summed E-state index contributed by atoms with van der Waals surface area (Å²) >= 11 is 0. The van der Waals surface area contributed by atoms with Crippen LogP contribution >= 0.6 is 0 Å². The number of nitrogens with one attached hydrogen (secondary N) is 2. The highest BCUT2D eigenvalue weighted by Gasteiger charge is 2.21. The number of carbonyl (C=O) groups excluding carboxylic acids is 1. The van der Waals surface area contributed by atoms with Gasteiger partial charge in [-0.15, -0.1) is 0 Å². The van der Waals surface area contributed by atoms with E-state index in [0.29, 0.717) is 5.96 Å². The molecule has 148 valence electrons. The molecule has 3 rings (SSSR count). The molecule has 0 aromatic heterocycles. The molecule has 2 N–H and O–H groups in total. The molecule has 27 heavy (non-hydrogen) atoms. The van der Waals surface area contributed by atoms with Gasteiger partial charge in [0.05, 0.1) is 13.2 Å². The van der Waals surface area contributed by atoms with Crippen LogP contribution in [-0.2, 0) is 16.0 Å². The van der Waals surface area contributed by atoms with E-state index in [0.717, 1.165) is 71.0 Å². The number of hydrogen-bond donors (Lipinski definition) is 2. The van der Waals surface area contributed by atoms with Crippen LogP contribution in [0, 0.1) is 0 Å². The van der Waals surface area contributed by atoms with Crippen LogP contribution in [0.25, 0.3) is 0 Å². The van der Waals surface area contributed by atoms with E-state index in [9.17, 15) is 4.79 Å². The van der Waals surface area contributed by atoms with Crippen LogP contribution in [0.15, 0.2) is 29.3 Å². The van der Waals surface area contributed by atoms with E-state index in [1.54, 1.807) is 0 Å². The number of amides is 1. The average molecular weight is 374 g/mol. The number of para-hydroxylation sites is 1. The summed E-state index contributed by atoms with van der Waals surface area (Å²) in [5, 5.41) is 6.55. The van der Waals surface area contributed by atoms with Gasteiger partial charge in [0.15, 0.2) is 5.96 Å². The highest BCUT2D eigenvalue weighted by molar-refractivity contribution is 5.97. The molecule has 7 nitrogen and oxygen atoms in total. The van der Waals surface area contributed by atoms with E-state index in [1.807, 2.05) is 30.0 Å². The third kappa shape index (κ3) is 5.68. The number of hydrogen-bond acceptors (Lipinski definition) is 4. The zero-order chi connectivity index (χ0) is 18.9. The standard InChI is InChI=1S/C20H31N5O2/c1-2-21-20(22-9-11-24-12-14-27-15-13-24)23-16-19(26)25-10-5-7-17-6-3-4-8-18(17)25/h3-4,6,8H,2,5,7,9-16H2,1H3,(H2,21,22,23). The number of aryl methyl sites for hydroxylation is 1. The van der Waals surface area contributed by atoms with Crippen molar-refractivity contribution in [1.82, 2.24) is 15.5 Å². The van der Waals surface area contributed by atoms with Gasteiger partial charge in [0, 0.05) is 45.0 Å². The Labute approximate surface area is 161 Å². The van der Waals surface area contributed by atoms with Gasteiger partial charge in [-0.2, -0.15) is 0 Å². The Morgan fingerprint density at radius 3 is 2.81 bits per heavy atom. The minimum atomic E-state index is 0.0486. The highest BCUT2D eigenvalue weighted by atomic mass is 16.5. The maximum atomic E-state index is 12.7. The largest absolute Gasteiger partial charge is 0.379 e. The molecule has 0 spiro atoms. The number of carbonyl (C=O) groups is 1. The molecule has 1 aromatic rings. The van der Waals surface area contributed by atoms with Crippen LogP contribution in [0.5, 0.6) is 0 Å². The van der Waals surface area contributed by atoms with Crippen LogP contribution in [0.4, 0.5) is 5.69 Å². The molecule has 1 aromatic carbocycles. The molecule has 0 aliphatic carbocycles. The lowest BCUT2D eigenvalue weighted by Gasteiger charge is -2.29. The summed E-state index contributed by atoms with van der Waals surface area (Å²) in [6, 6.07) is 8.16. The first-order chi connectivity index (χ1) is 13.3. The number of guanidine groups is 1. The van der Waals surface area contributed by atoms with Gasteiger partial charge >= 0.3 is 0 Å². The Kier molecular flexibility index (Phi) is 7.47. The number of benzene rings is 1. The van der Waals surface area contributed by atoms with Crippen molar-refractivity contribution in [2.24, 2.45) is 4.99 Å². The molecule has 0 radical (unpaired) electrons. The first kappa shape index (κ1) is 19.6. The minimum Gasteiger partial charge on any atom is -0.379 e. The number of ether oxygens (including phenoxy) is 1. The predicted molar refractivity (Wildman–Crippen MR) is 108 cm³/mol. The molecule has 1 saturated heterocycles. The number of anilines is 1. The summed E-state index contributed by atoms with van der Waals surface area (Å²) < 4.78 is 5.37. The van der Waals surface area contributed by atoms with E-state index in [4.69, 9.17) is 4.74 Å². The summed E-state index contributed by atoms with van der Waals surface area (Å²) in [6.07, 6.45) is 2.04. The molecule has 7 heteroatoms. The van der Waals surface area contributed by atoms with Gasteiger partial charge in [-0.1, -0.05) is 18.2 Å². The molecule has 0 bridgehead atoms. The molecule has 2 aliphatic rings. The lowest BCUT2D eigenvalue weighted by molar-refractivity contribution is -0.117. The Hall–Kier alpha value is -2.12. The number of rotatable bonds is 6. The molecular weight excluding hydrogens is 342 g/mol. The zero-order valence-electron chi connectivity index (χ0n) is 16.2. The van der Waals surface area contributed by atoms with Gasteiger partial charge in [-0.3, -0.25) is 9.69 Å². The molecule has 2 aliphatic heterocycles. The summed E-state index contributed by atoms with van der Waals surface area (Å²) in [4.78, 5) is 21.5. The van der Waals surface area contributed by atoms with Gasteiger partial charge in [0.2, 0.25) is 5.91 Å². The molecule has 2 heterocycles. The molecule has 1 amide bonds. The van der Waals surface area contributed by atoms with Gasteiger partial charge in [0.25, 0.3) is 0 Å². The van der Waals surface area contributed by atoms with Crippen molar-refractivity contribution in [3.63, 3.8) is 0 Å². The monoisotopic (exact) mass is 373 g/mol. The van der Waals surface area contributed by atoms with Crippen LogP contribution in [-0.4, -0.2) is 75.8 Å². The lowest BCUT2D eigenvalue weighted by atomic mass is 10.0. The van der Waals surface area contributed by atoms with E-state index in [2.05, 4.69) is 26.6 Å². The molecule has 1 fully saturated rings. The van der Waals surface area contributed by atoms with Crippen molar-refractivity contribution in [1.29, 1.82) is 0 Å². The van der Waals surface area contributed by atoms with Crippen LogP contribution in [0.2, 0.25) is 0 Å². The van der Waals surface area contributed by atoms with Crippen LogP contribution in [0.1, 0.15) is 18.9 Å². The van der Waals surface area contributed by atoms with E-state index >= 15 is 0 Å². The summed E-state index contributed by atoms with van der Waals surface area (Å²) in [5.41, 5.74) is 2.28. The van der Waals surface area contributed by atoms with Crippen LogP contribution < -0.4 is 15.5 Å². The average Bonchev–Trinajstić information content (AvgIpc) is 2.72. The van der Waals surface area contributed by atoms with Crippen molar-refractivity contribution in [3.05, 3.63) is 29.8 Å². The van der Waals surface area contributed by atoms with Crippen molar-refractivity contribution >= 4 is 17.6 Å². The number of nitrogens with zero attached hydrogens (tertiary/aromatic N) is 3. The van der Waals surface area contributed by atoms with Crippen molar-refractivity contribution in [2.75, 3.05) is 63.9 Å². The Balaban J connectivity index is 1.52. The second-order valence-electron chi connectivity index (χ2n) is 6.85. The summed E-state index contributed by atoms with van der Waals surface area (Å²) in [7, 11) is 0. The molecule has 0 atom stereocenters. The van der Waals surface area contributed by atoms with E-state index < -0.39 is 0 Å². The Morgan fingerprint density at radius 2 is 2.00 bits per heavy atom. The second kappa shape index (κ2) is 10.3. The first-order valence-electron chi connectivity index (χ1n) is 9.98. The number of fused-ring (bicyclic) bond motifs is 1. The fourth-order valence-electron chi connectivity index (χ4n) is 3.52. The summed E-state index contributed by atoms with van der Waals surface area (Å²) in [6.45, 7) is 9.03. The van der Waals surface area contributed by atoms with Crippen LogP contribution in [0.3, 0.4) is 0 Å². The van der Waals surface area contributed by atoms with Gasteiger partial charge in [-0.25, -0.2) is 4.99 Å². The van der Waals surface area contributed by atoms with E-state index in [1.165, 1.54) is 5.56 Å². The fraction of sp³-hybridized carbons (Fsp3) is 0.600. The first-order valence-corrected chi connectivity index (χ1v) is 9.98. The van der Waals surface area contributed by atoms with Crippen molar-refractivity contribution in [2.45, 2.75) is 19.8 Å². The Morgan fingerprint density at radius 1 is 1.19 bits per heavy atom. The van der Waals surface area contributed by atoms with E-state index in [-0.39, 0.29) is 12.5 Å². The van der Waals surface area contributed by atoms with Gasteiger partial charge in [-0.05, 0) is 31.4 Å². The smallest absolute Gasteiger partial charge is 0.248 e. The zero-order valence-corrected chi connectivity index (χ0v) is 16.2. The predicted octanol–water partition coefficient (Wildman–Crippen LogP) is 0.853. The Bertz CT molecular complexity index is 643. The van der Waals surface area contributed by atoms with Gasteiger partial charge < -0.3 is 20.3 Å².